The lowest BCUT2D eigenvalue weighted by molar-refractivity contribution is 0.297. The van der Waals surface area contributed by atoms with Gasteiger partial charge in [-0.05, 0) is 25.5 Å². The number of ether oxygens (including phenoxy) is 1. The van der Waals surface area contributed by atoms with Gasteiger partial charge in [0.15, 0.2) is 0 Å². The van der Waals surface area contributed by atoms with Gasteiger partial charge in [0.25, 0.3) is 0 Å². The molecule has 0 atom stereocenters. The molecule has 4 heteroatoms. The first kappa shape index (κ1) is 11.5. The highest BCUT2D eigenvalue weighted by Gasteiger charge is 2.05. The molecule has 1 heterocycles. The Balaban J connectivity index is 2.05. The molecule has 0 spiro atoms. The van der Waals surface area contributed by atoms with Crippen LogP contribution < -0.4 is 10.5 Å². The van der Waals surface area contributed by atoms with Gasteiger partial charge >= 0.3 is 0 Å². The Morgan fingerprint density at radius 3 is 2.76 bits per heavy atom. The topological polar surface area (TPSA) is 53.1 Å². The third-order valence-electron chi connectivity index (χ3n) is 2.63. The minimum absolute atomic E-state index is 0.446. The van der Waals surface area contributed by atoms with Crippen LogP contribution in [0.2, 0.25) is 0 Å². The van der Waals surface area contributed by atoms with Gasteiger partial charge in [0.2, 0.25) is 0 Å². The van der Waals surface area contributed by atoms with Gasteiger partial charge in [-0.3, -0.25) is 4.68 Å². The SMILES string of the molecule is CCn1nc(COc2ccccc2C)cc1N. The molecular formula is C13H17N3O. The molecule has 17 heavy (non-hydrogen) atoms. The van der Waals surface area contributed by atoms with Crippen molar-refractivity contribution in [2.24, 2.45) is 0 Å². The highest BCUT2D eigenvalue weighted by atomic mass is 16.5. The minimum Gasteiger partial charge on any atom is -0.487 e. The normalized spacial score (nSPS) is 10.5. The van der Waals surface area contributed by atoms with Gasteiger partial charge in [-0.1, -0.05) is 18.2 Å². The van der Waals surface area contributed by atoms with Crippen LogP contribution in [-0.2, 0) is 13.2 Å². The van der Waals surface area contributed by atoms with Gasteiger partial charge < -0.3 is 10.5 Å². The van der Waals surface area contributed by atoms with Crippen molar-refractivity contribution in [3.8, 4) is 5.75 Å². The summed E-state index contributed by atoms with van der Waals surface area (Å²) < 4.78 is 7.46. The van der Waals surface area contributed by atoms with E-state index in [1.165, 1.54) is 0 Å². The second-order valence-corrected chi connectivity index (χ2v) is 3.93. The summed E-state index contributed by atoms with van der Waals surface area (Å²) in [7, 11) is 0. The maximum absolute atomic E-state index is 5.80. The molecule has 2 N–H and O–H groups in total. The van der Waals surface area contributed by atoms with Gasteiger partial charge in [0.1, 0.15) is 23.9 Å². The maximum atomic E-state index is 5.80. The smallest absolute Gasteiger partial charge is 0.132 e. The molecular weight excluding hydrogens is 214 g/mol. The van der Waals surface area contributed by atoms with Crippen molar-refractivity contribution < 1.29 is 4.74 Å². The number of anilines is 1. The Labute approximate surface area is 101 Å². The third kappa shape index (κ3) is 2.58. The molecule has 0 aliphatic carbocycles. The number of nitrogens with two attached hydrogens (primary N) is 1. The van der Waals surface area contributed by atoms with E-state index >= 15 is 0 Å². The zero-order valence-electron chi connectivity index (χ0n) is 10.2. The van der Waals surface area contributed by atoms with E-state index in [0.29, 0.717) is 12.4 Å². The van der Waals surface area contributed by atoms with Crippen LogP contribution in [0, 0.1) is 6.92 Å². The van der Waals surface area contributed by atoms with E-state index in [2.05, 4.69) is 5.10 Å². The number of hydrogen-bond acceptors (Lipinski definition) is 3. The number of para-hydroxylation sites is 1. The van der Waals surface area contributed by atoms with Crippen molar-refractivity contribution in [1.82, 2.24) is 9.78 Å². The molecule has 0 aliphatic rings. The first-order valence-corrected chi connectivity index (χ1v) is 5.71. The Morgan fingerprint density at radius 2 is 2.12 bits per heavy atom. The van der Waals surface area contributed by atoms with E-state index in [4.69, 9.17) is 10.5 Å². The van der Waals surface area contributed by atoms with Gasteiger partial charge in [0, 0.05) is 12.6 Å². The van der Waals surface area contributed by atoms with Crippen LogP contribution in [0.25, 0.3) is 0 Å². The van der Waals surface area contributed by atoms with Gasteiger partial charge in [-0.2, -0.15) is 5.10 Å². The molecule has 1 aromatic carbocycles. The first-order chi connectivity index (χ1) is 8.20. The lowest BCUT2D eigenvalue weighted by atomic mass is 10.2. The number of rotatable bonds is 4. The Bertz CT molecular complexity index is 505. The second-order valence-electron chi connectivity index (χ2n) is 3.93. The lowest BCUT2D eigenvalue weighted by Crippen LogP contribution is -2.03. The fraction of sp³-hybridized carbons (Fsp3) is 0.308. The molecule has 2 rings (SSSR count). The molecule has 0 aliphatic heterocycles. The minimum atomic E-state index is 0.446. The van der Waals surface area contributed by atoms with Crippen molar-refractivity contribution in [2.45, 2.75) is 27.0 Å². The average molecular weight is 231 g/mol. The van der Waals surface area contributed by atoms with Crippen LogP contribution in [0.4, 0.5) is 5.82 Å². The van der Waals surface area contributed by atoms with E-state index in [-0.39, 0.29) is 0 Å². The molecule has 0 bridgehead atoms. The number of benzene rings is 1. The third-order valence-corrected chi connectivity index (χ3v) is 2.63. The predicted molar refractivity (Wildman–Crippen MR) is 67.8 cm³/mol. The zero-order chi connectivity index (χ0) is 12.3. The number of aryl methyl sites for hydroxylation is 2. The summed E-state index contributed by atoms with van der Waals surface area (Å²) in [6, 6.07) is 9.78. The molecule has 90 valence electrons. The summed E-state index contributed by atoms with van der Waals surface area (Å²) in [5.74, 6) is 1.56. The van der Waals surface area contributed by atoms with Gasteiger partial charge in [0.05, 0.1) is 0 Å². The van der Waals surface area contributed by atoms with Crippen LogP contribution in [0.5, 0.6) is 5.75 Å². The van der Waals surface area contributed by atoms with E-state index < -0.39 is 0 Å². The first-order valence-electron chi connectivity index (χ1n) is 5.71. The van der Waals surface area contributed by atoms with Crippen LogP contribution in [0.1, 0.15) is 18.2 Å². The quantitative estimate of drug-likeness (QED) is 0.878. The molecule has 2 aromatic rings. The fourth-order valence-corrected chi connectivity index (χ4v) is 1.68. The largest absolute Gasteiger partial charge is 0.487 e. The van der Waals surface area contributed by atoms with E-state index in [9.17, 15) is 0 Å². The highest BCUT2D eigenvalue weighted by Crippen LogP contribution is 2.18. The van der Waals surface area contributed by atoms with Crippen molar-refractivity contribution in [3.63, 3.8) is 0 Å². The zero-order valence-corrected chi connectivity index (χ0v) is 10.2. The number of nitrogen functional groups attached to an aromatic ring is 1. The molecule has 0 amide bonds. The van der Waals surface area contributed by atoms with Gasteiger partial charge in [-0.15, -0.1) is 0 Å². The highest BCUT2D eigenvalue weighted by molar-refractivity contribution is 5.33. The number of hydrogen-bond donors (Lipinski definition) is 1. The van der Waals surface area contributed by atoms with E-state index in [1.807, 2.05) is 44.2 Å². The summed E-state index contributed by atoms with van der Waals surface area (Å²) in [6.07, 6.45) is 0. The molecule has 4 nitrogen and oxygen atoms in total. The van der Waals surface area contributed by atoms with Crippen LogP contribution in [0.3, 0.4) is 0 Å². The molecule has 0 saturated carbocycles. The van der Waals surface area contributed by atoms with Crippen molar-refractivity contribution in [3.05, 3.63) is 41.6 Å². The lowest BCUT2D eigenvalue weighted by Gasteiger charge is -2.06. The van der Waals surface area contributed by atoms with Crippen LogP contribution in [-0.4, -0.2) is 9.78 Å². The monoisotopic (exact) mass is 231 g/mol. The second kappa shape index (κ2) is 4.91. The average Bonchev–Trinajstić information content (AvgIpc) is 2.69. The Hall–Kier alpha value is -1.97. The predicted octanol–water partition coefficient (Wildman–Crippen LogP) is 2.37. The van der Waals surface area contributed by atoms with E-state index in [1.54, 1.807) is 4.68 Å². The summed E-state index contributed by atoms with van der Waals surface area (Å²) >= 11 is 0. The standard InChI is InChI=1S/C13H17N3O/c1-3-16-13(14)8-11(15-16)9-17-12-7-5-4-6-10(12)2/h4-8H,3,9,14H2,1-2H3. The van der Waals surface area contributed by atoms with E-state index in [0.717, 1.165) is 23.6 Å². The number of aromatic nitrogens is 2. The molecule has 0 fully saturated rings. The Kier molecular flexibility index (Phi) is 3.32. The Morgan fingerprint density at radius 1 is 1.35 bits per heavy atom. The summed E-state index contributed by atoms with van der Waals surface area (Å²) in [5, 5.41) is 4.34. The molecule has 0 unspecified atom stereocenters. The summed E-state index contributed by atoms with van der Waals surface area (Å²) in [5.41, 5.74) is 7.77. The van der Waals surface area contributed by atoms with Gasteiger partial charge in [-0.25, -0.2) is 0 Å². The van der Waals surface area contributed by atoms with Crippen molar-refractivity contribution >= 4 is 5.82 Å². The summed E-state index contributed by atoms with van der Waals surface area (Å²) in [4.78, 5) is 0. The van der Waals surface area contributed by atoms with Crippen molar-refractivity contribution in [2.75, 3.05) is 5.73 Å². The number of nitrogens with zero attached hydrogens (tertiary/aromatic N) is 2. The van der Waals surface area contributed by atoms with Crippen molar-refractivity contribution in [1.29, 1.82) is 0 Å². The van der Waals surface area contributed by atoms with Crippen LogP contribution >= 0.6 is 0 Å². The summed E-state index contributed by atoms with van der Waals surface area (Å²) in [6.45, 7) is 5.25. The molecule has 1 aromatic heterocycles. The molecule has 0 radical (unpaired) electrons. The molecule has 0 saturated heterocycles. The fourth-order valence-electron chi connectivity index (χ4n) is 1.68. The van der Waals surface area contributed by atoms with Crippen LogP contribution in [0.15, 0.2) is 30.3 Å². The maximum Gasteiger partial charge on any atom is 0.132 e.